The zero-order valence-electron chi connectivity index (χ0n) is 30.5. The molecule has 0 spiro atoms. The summed E-state index contributed by atoms with van der Waals surface area (Å²) in [7, 11) is 0. The fourth-order valence-electron chi connectivity index (χ4n) is 7.77. The Labute approximate surface area is 295 Å². The van der Waals surface area contributed by atoms with E-state index < -0.39 is 0 Å². The summed E-state index contributed by atoms with van der Waals surface area (Å²) in [6.07, 6.45) is 30.3. The Balaban J connectivity index is 1.29. The van der Waals surface area contributed by atoms with Crippen LogP contribution in [0.1, 0.15) is 153 Å². The number of aromatic nitrogens is 2. The molecule has 0 aliphatic carbocycles. The molecule has 1 N–H and O–H groups in total. The maximum absolute atomic E-state index is 13.6. The molecule has 264 valence electrons. The third-order valence-corrected chi connectivity index (χ3v) is 10.6. The van der Waals surface area contributed by atoms with E-state index in [1.165, 1.54) is 116 Å². The number of fused-ring (bicyclic) bond motifs is 2. The van der Waals surface area contributed by atoms with Crippen molar-refractivity contribution in [1.82, 2.24) is 14.5 Å². The van der Waals surface area contributed by atoms with Gasteiger partial charge in [0.05, 0.1) is 11.1 Å². The second-order valence-corrected chi connectivity index (χ2v) is 14.4. The lowest BCUT2D eigenvalue weighted by Crippen LogP contribution is -2.22. The maximum Gasteiger partial charge on any atom is 0.259 e. The van der Waals surface area contributed by atoms with Gasteiger partial charge in [0.1, 0.15) is 0 Å². The van der Waals surface area contributed by atoms with Crippen molar-refractivity contribution in [3.05, 3.63) is 72.1 Å². The lowest BCUT2D eigenvalue weighted by atomic mass is 9.95. The second-order valence-electron chi connectivity index (χ2n) is 14.4. The molecule has 1 aliphatic rings. The van der Waals surface area contributed by atoms with Crippen LogP contribution in [0.5, 0.6) is 0 Å². The molecule has 5 rings (SSSR count). The summed E-state index contributed by atoms with van der Waals surface area (Å²) in [5, 5.41) is 4.72. The van der Waals surface area contributed by atoms with Crippen molar-refractivity contribution in [2.45, 2.75) is 155 Å². The van der Waals surface area contributed by atoms with Gasteiger partial charge in [-0.3, -0.25) is 14.9 Å². The molecule has 2 amide bonds. The van der Waals surface area contributed by atoms with Crippen LogP contribution < -0.4 is 5.32 Å². The summed E-state index contributed by atoms with van der Waals surface area (Å²) in [5.74, 6) is -0.596. The number of rotatable bonds is 24. The van der Waals surface area contributed by atoms with Gasteiger partial charge in [-0.15, -0.1) is 0 Å². The third-order valence-electron chi connectivity index (χ3n) is 10.6. The van der Waals surface area contributed by atoms with Crippen LogP contribution in [0.15, 0.2) is 60.9 Å². The number of unbranched alkanes of at least 4 members (excludes halogenated alkanes) is 18. The monoisotopic (exact) mass is 663 g/mol. The molecule has 0 bridgehead atoms. The molecule has 4 aromatic rings. The number of amides is 2. The molecule has 0 atom stereocenters. The highest BCUT2D eigenvalue weighted by atomic mass is 16.2. The molecule has 1 aliphatic heterocycles. The van der Waals surface area contributed by atoms with Crippen molar-refractivity contribution >= 4 is 44.8 Å². The summed E-state index contributed by atoms with van der Waals surface area (Å²) in [6, 6.07) is 16.7. The van der Waals surface area contributed by atoms with Gasteiger partial charge in [0.2, 0.25) is 0 Å². The molecule has 2 aromatic carbocycles. The van der Waals surface area contributed by atoms with Gasteiger partial charge in [-0.2, -0.15) is 0 Å². The third kappa shape index (κ3) is 9.77. The average molecular weight is 664 g/mol. The van der Waals surface area contributed by atoms with Gasteiger partial charge in [0, 0.05) is 58.4 Å². The van der Waals surface area contributed by atoms with Crippen molar-refractivity contribution < 1.29 is 9.59 Å². The van der Waals surface area contributed by atoms with Crippen molar-refractivity contribution in [2.24, 2.45) is 0 Å². The van der Waals surface area contributed by atoms with E-state index in [1.54, 1.807) is 0 Å². The number of para-hydroxylation sites is 2. The van der Waals surface area contributed by atoms with Gasteiger partial charge < -0.3 is 9.13 Å². The van der Waals surface area contributed by atoms with E-state index in [0.717, 1.165) is 58.9 Å². The molecule has 0 fully saturated rings. The van der Waals surface area contributed by atoms with Crippen molar-refractivity contribution in [3.8, 4) is 0 Å². The Kier molecular flexibility index (Phi) is 14.6. The van der Waals surface area contributed by atoms with Crippen molar-refractivity contribution in [3.63, 3.8) is 0 Å². The summed E-state index contributed by atoms with van der Waals surface area (Å²) in [6.45, 7) is 6.36. The van der Waals surface area contributed by atoms with Gasteiger partial charge >= 0.3 is 0 Å². The van der Waals surface area contributed by atoms with Crippen LogP contribution in [-0.2, 0) is 22.7 Å². The number of imide groups is 1. The van der Waals surface area contributed by atoms with Gasteiger partial charge in [-0.05, 0) is 25.0 Å². The number of benzene rings is 2. The molecule has 5 heteroatoms. The van der Waals surface area contributed by atoms with Gasteiger partial charge in [0.25, 0.3) is 11.8 Å². The Morgan fingerprint density at radius 3 is 1.14 bits per heavy atom. The number of hydrogen-bond donors (Lipinski definition) is 1. The maximum atomic E-state index is 13.6. The first-order chi connectivity index (χ1) is 24.1. The standard InChI is InChI=1S/C44H61N3O2/c1-3-5-7-9-11-13-15-17-19-25-31-46-33-37(35-27-21-23-29-39(35)46)41-42(44(49)45-43(41)48)38-34-47(40-30-24-22-28-36(38)40)32-26-20-18-16-14-12-10-8-6-4-2/h21-24,27-30,33-34H,3-20,25-26,31-32H2,1-2H3,(H,45,48,49). The largest absolute Gasteiger partial charge is 0.347 e. The first-order valence-electron chi connectivity index (χ1n) is 19.9. The predicted octanol–water partition coefficient (Wildman–Crippen LogP) is 12.0. The molecule has 49 heavy (non-hydrogen) atoms. The molecule has 3 heterocycles. The molecular weight excluding hydrogens is 603 g/mol. The van der Waals surface area contributed by atoms with E-state index in [4.69, 9.17) is 0 Å². The fourth-order valence-corrected chi connectivity index (χ4v) is 7.77. The molecule has 2 aromatic heterocycles. The van der Waals surface area contributed by atoms with Gasteiger partial charge in [0.15, 0.2) is 0 Å². The Morgan fingerprint density at radius 2 is 0.776 bits per heavy atom. The van der Waals surface area contributed by atoms with Gasteiger partial charge in [-0.25, -0.2) is 0 Å². The average Bonchev–Trinajstić information content (AvgIpc) is 3.76. The van der Waals surface area contributed by atoms with E-state index in [2.05, 4.69) is 77.1 Å². The molecule has 0 saturated heterocycles. The molecule has 0 saturated carbocycles. The lowest BCUT2D eigenvalue weighted by Gasteiger charge is -2.06. The van der Waals surface area contributed by atoms with Crippen LogP contribution in [0, 0.1) is 0 Å². The summed E-state index contributed by atoms with van der Waals surface area (Å²) in [4.78, 5) is 27.1. The van der Waals surface area contributed by atoms with E-state index in [-0.39, 0.29) is 11.8 Å². The first kappa shape index (κ1) is 36.7. The number of carbonyl (C=O) groups is 2. The number of aryl methyl sites for hydroxylation is 2. The topological polar surface area (TPSA) is 56.0 Å². The van der Waals surface area contributed by atoms with Crippen LogP contribution in [0.2, 0.25) is 0 Å². The predicted molar refractivity (Wildman–Crippen MR) is 208 cm³/mol. The van der Waals surface area contributed by atoms with Gasteiger partial charge in [-0.1, -0.05) is 166 Å². The normalized spacial score (nSPS) is 13.4. The Morgan fingerprint density at radius 1 is 0.449 bits per heavy atom. The number of nitrogens with zero attached hydrogens (tertiary/aromatic N) is 2. The van der Waals surface area contributed by atoms with Crippen molar-refractivity contribution in [1.29, 1.82) is 0 Å². The molecular formula is C44H61N3O2. The van der Waals surface area contributed by atoms with E-state index in [1.807, 2.05) is 12.1 Å². The zero-order valence-corrected chi connectivity index (χ0v) is 30.5. The van der Waals surface area contributed by atoms with Crippen LogP contribution >= 0.6 is 0 Å². The van der Waals surface area contributed by atoms with E-state index >= 15 is 0 Å². The quantitative estimate of drug-likeness (QED) is 0.0599. The van der Waals surface area contributed by atoms with Crippen LogP contribution in [0.25, 0.3) is 33.0 Å². The summed E-state index contributed by atoms with van der Waals surface area (Å²) >= 11 is 0. The smallest absolute Gasteiger partial charge is 0.259 e. The van der Waals surface area contributed by atoms with Crippen LogP contribution in [-0.4, -0.2) is 20.9 Å². The number of nitrogens with one attached hydrogen (secondary N) is 1. The van der Waals surface area contributed by atoms with Crippen molar-refractivity contribution in [2.75, 3.05) is 0 Å². The van der Waals surface area contributed by atoms with Crippen LogP contribution in [0.4, 0.5) is 0 Å². The SMILES string of the molecule is CCCCCCCCCCCCn1cc(C2=C(c3cn(CCCCCCCCCCCC)c4ccccc34)C(=O)NC2=O)c2ccccc21. The number of hydrogen-bond acceptors (Lipinski definition) is 2. The highest BCUT2D eigenvalue weighted by molar-refractivity contribution is 6.50. The van der Waals surface area contributed by atoms with E-state index in [0.29, 0.717) is 11.1 Å². The minimum Gasteiger partial charge on any atom is -0.347 e. The highest BCUT2D eigenvalue weighted by Gasteiger charge is 2.35. The van der Waals surface area contributed by atoms with Crippen LogP contribution in [0.3, 0.4) is 0 Å². The number of carbonyl (C=O) groups excluding carboxylic acids is 2. The minimum atomic E-state index is -0.298. The Bertz CT molecular complexity index is 1550. The Hall–Kier alpha value is -3.60. The highest BCUT2D eigenvalue weighted by Crippen LogP contribution is 2.39. The molecule has 0 unspecified atom stereocenters. The molecule has 5 nitrogen and oxygen atoms in total. The second kappa shape index (κ2) is 19.6. The first-order valence-corrected chi connectivity index (χ1v) is 19.9. The summed E-state index contributed by atoms with van der Waals surface area (Å²) < 4.78 is 4.59. The lowest BCUT2D eigenvalue weighted by molar-refractivity contribution is -0.122. The fraction of sp³-hybridized carbons (Fsp3) is 0.545. The molecule has 0 radical (unpaired) electrons. The zero-order chi connectivity index (χ0) is 34.3. The summed E-state index contributed by atoms with van der Waals surface area (Å²) in [5.41, 5.74) is 4.96. The van der Waals surface area contributed by atoms with E-state index in [9.17, 15) is 9.59 Å². The minimum absolute atomic E-state index is 0.298.